The maximum absolute atomic E-state index is 10.5. The van der Waals surface area contributed by atoms with Crippen LogP contribution < -0.4 is 29.6 Å². The molecule has 0 aliphatic carbocycles. The maximum Gasteiger partial charge on any atom is 1.00 e. The van der Waals surface area contributed by atoms with E-state index < -0.39 is 10.1 Å². The molecule has 5 heteroatoms. The first kappa shape index (κ1) is 16.7. The van der Waals surface area contributed by atoms with Gasteiger partial charge in [0.2, 0.25) is 0 Å². The third-order valence-corrected chi connectivity index (χ3v) is 3.76. The van der Waals surface area contributed by atoms with Crippen LogP contribution in [0.25, 0.3) is 10.8 Å². The van der Waals surface area contributed by atoms with Crippen LogP contribution in [0.1, 0.15) is 18.4 Å². The van der Waals surface area contributed by atoms with Crippen LogP contribution in [0.4, 0.5) is 0 Å². The van der Waals surface area contributed by atoms with Gasteiger partial charge in [-0.25, -0.2) is 8.42 Å². The predicted molar refractivity (Wildman–Crippen MR) is 71.5 cm³/mol. The van der Waals surface area contributed by atoms with Crippen molar-refractivity contribution in [3.8, 4) is 0 Å². The van der Waals surface area contributed by atoms with Gasteiger partial charge in [0.1, 0.15) is 0 Å². The standard InChI is InChI=1S/C14H16O3S.Na/c15-18(16,17)11-4-3-7-13-9-5-8-12-6-1-2-10-14(12)13;/h1-2,5-6,8-10H,3-4,7,11H2,(H,15,16,17);/q;+1/p-1. The van der Waals surface area contributed by atoms with Gasteiger partial charge in [-0.1, -0.05) is 42.5 Å². The maximum atomic E-state index is 10.5. The molecular weight excluding hydrogens is 271 g/mol. The number of rotatable bonds is 5. The van der Waals surface area contributed by atoms with Crippen LogP contribution in [-0.4, -0.2) is 18.7 Å². The van der Waals surface area contributed by atoms with Crippen LogP contribution in [0.2, 0.25) is 0 Å². The van der Waals surface area contributed by atoms with E-state index in [0.29, 0.717) is 6.42 Å². The minimum Gasteiger partial charge on any atom is -0.748 e. The second-order valence-corrected chi connectivity index (χ2v) is 5.88. The third-order valence-electron chi connectivity index (χ3n) is 2.97. The van der Waals surface area contributed by atoms with Gasteiger partial charge < -0.3 is 4.55 Å². The van der Waals surface area contributed by atoms with E-state index in [1.807, 2.05) is 24.3 Å². The van der Waals surface area contributed by atoms with Gasteiger partial charge in [0.15, 0.2) is 0 Å². The number of fused-ring (bicyclic) bond motifs is 1. The molecule has 19 heavy (non-hydrogen) atoms. The largest absolute Gasteiger partial charge is 1.00 e. The molecule has 2 aromatic rings. The summed E-state index contributed by atoms with van der Waals surface area (Å²) in [4.78, 5) is 0. The zero-order valence-electron chi connectivity index (χ0n) is 11.0. The molecular formula is C14H15NaO3S. The summed E-state index contributed by atoms with van der Waals surface area (Å²) in [6.45, 7) is 0. The Labute approximate surface area is 136 Å². The molecule has 2 rings (SSSR count). The van der Waals surface area contributed by atoms with E-state index in [4.69, 9.17) is 0 Å². The zero-order chi connectivity index (χ0) is 13.0. The minimum atomic E-state index is -4.07. The van der Waals surface area contributed by atoms with Gasteiger partial charge in [-0.3, -0.25) is 0 Å². The Morgan fingerprint density at radius 1 is 0.947 bits per heavy atom. The molecule has 0 radical (unpaired) electrons. The number of hydrogen-bond donors (Lipinski definition) is 0. The average Bonchev–Trinajstić information content (AvgIpc) is 2.33. The molecule has 0 aliphatic heterocycles. The van der Waals surface area contributed by atoms with E-state index >= 15 is 0 Å². The van der Waals surface area contributed by atoms with E-state index in [-0.39, 0.29) is 35.3 Å². The Morgan fingerprint density at radius 3 is 2.37 bits per heavy atom. The predicted octanol–water partition coefficient (Wildman–Crippen LogP) is -0.288. The Kier molecular flexibility index (Phi) is 6.50. The molecule has 0 atom stereocenters. The van der Waals surface area contributed by atoms with Crippen molar-refractivity contribution in [1.29, 1.82) is 0 Å². The molecule has 0 bridgehead atoms. The van der Waals surface area contributed by atoms with E-state index in [1.54, 1.807) is 0 Å². The van der Waals surface area contributed by atoms with Crippen LogP contribution in [0.15, 0.2) is 42.5 Å². The van der Waals surface area contributed by atoms with Crippen LogP contribution >= 0.6 is 0 Å². The van der Waals surface area contributed by atoms with E-state index in [9.17, 15) is 13.0 Å². The van der Waals surface area contributed by atoms with Crippen LogP contribution in [0.3, 0.4) is 0 Å². The van der Waals surface area contributed by atoms with E-state index in [0.717, 1.165) is 12.8 Å². The van der Waals surface area contributed by atoms with Gasteiger partial charge in [0, 0.05) is 5.75 Å². The minimum absolute atomic E-state index is 0. The van der Waals surface area contributed by atoms with Crippen molar-refractivity contribution in [2.24, 2.45) is 0 Å². The summed E-state index contributed by atoms with van der Waals surface area (Å²) in [5.41, 5.74) is 1.20. The number of benzene rings is 2. The summed E-state index contributed by atoms with van der Waals surface area (Å²) in [7, 11) is -4.07. The molecule has 0 fully saturated rings. The second kappa shape index (κ2) is 7.41. The number of hydrogen-bond acceptors (Lipinski definition) is 3. The van der Waals surface area contributed by atoms with Gasteiger partial charge in [0.25, 0.3) is 0 Å². The van der Waals surface area contributed by atoms with Gasteiger partial charge in [0.05, 0.1) is 10.1 Å². The summed E-state index contributed by atoms with van der Waals surface area (Å²) in [5.74, 6) is -0.266. The van der Waals surface area contributed by atoms with Crippen LogP contribution in [0.5, 0.6) is 0 Å². The van der Waals surface area contributed by atoms with Gasteiger partial charge in [-0.15, -0.1) is 0 Å². The first-order valence-corrected chi connectivity index (χ1v) is 7.54. The van der Waals surface area contributed by atoms with Gasteiger partial charge in [-0.05, 0) is 35.6 Å². The summed E-state index contributed by atoms with van der Waals surface area (Å²) >= 11 is 0. The van der Waals surface area contributed by atoms with Crippen molar-refractivity contribution < 1.29 is 42.5 Å². The fraction of sp³-hybridized carbons (Fsp3) is 0.286. The molecule has 0 unspecified atom stereocenters. The fourth-order valence-electron chi connectivity index (χ4n) is 2.10. The van der Waals surface area contributed by atoms with Gasteiger partial charge >= 0.3 is 29.6 Å². The number of aryl methyl sites for hydroxylation is 1. The second-order valence-electron chi connectivity index (χ2n) is 4.36. The first-order chi connectivity index (χ1) is 8.56. The third kappa shape index (κ3) is 5.24. The molecule has 0 amide bonds. The Balaban J connectivity index is 0.00000180. The Bertz CT molecular complexity index is 633. The monoisotopic (exact) mass is 286 g/mol. The van der Waals surface area contributed by atoms with Crippen LogP contribution in [-0.2, 0) is 16.5 Å². The van der Waals surface area contributed by atoms with Crippen molar-refractivity contribution in [1.82, 2.24) is 0 Å². The molecule has 0 saturated heterocycles. The van der Waals surface area contributed by atoms with Crippen molar-refractivity contribution in [3.63, 3.8) is 0 Å². The SMILES string of the molecule is O=S(=O)([O-])CCCCc1cccc2ccccc12.[Na+]. The number of unbranched alkanes of at least 4 members (excludes halogenated alkanes) is 1. The topological polar surface area (TPSA) is 57.2 Å². The quantitative estimate of drug-likeness (QED) is 0.431. The van der Waals surface area contributed by atoms with Crippen molar-refractivity contribution in [2.45, 2.75) is 19.3 Å². The van der Waals surface area contributed by atoms with Crippen molar-refractivity contribution >= 4 is 20.9 Å². The summed E-state index contributed by atoms with van der Waals surface area (Å²) < 4.78 is 31.5. The van der Waals surface area contributed by atoms with E-state index in [2.05, 4.69) is 18.2 Å². The molecule has 0 aromatic heterocycles. The molecule has 0 N–H and O–H groups in total. The van der Waals surface area contributed by atoms with Crippen molar-refractivity contribution in [3.05, 3.63) is 48.0 Å². The van der Waals surface area contributed by atoms with E-state index in [1.165, 1.54) is 16.3 Å². The molecule has 96 valence electrons. The molecule has 0 aliphatic rings. The normalized spacial score (nSPS) is 11.2. The molecule has 0 saturated carbocycles. The first-order valence-electron chi connectivity index (χ1n) is 5.96. The van der Waals surface area contributed by atoms with Crippen LogP contribution in [0, 0.1) is 0 Å². The zero-order valence-corrected chi connectivity index (χ0v) is 13.8. The smallest absolute Gasteiger partial charge is 0.748 e. The summed E-state index contributed by atoms with van der Waals surface area (Å²) in [5, 5.41) is 2.39. The Morgan fingerprint density at radius 2 is 1.63 bits per heavy atom. The molecule has 2 aromatic carbocycles. The molecule has 3 nitrogen and oxygen atoms in total. The van der Waals surface area contributed by atoms with Crippen molar-refractivity contribution in [2.75, 3.05) is 5.75 Å². The average molecular weight is 286 g/mol. The van der Waals surface area contributed by atoms with Gasteiger partial charge in [-0.2, -0.15) is 0 Å². The molecule has 0 spiro atoms. The summed E-state index contributed by atoms with van der Waals surface area (Å²) in [6, 6.07) is 14.2. The Hall–Kier alpha value is -0.390. The fourth-order valence-corrected chi connectivity index (χ4v) is 2.66. The summed E-state index contributed by atoms with van der Waals surface area (Å²) in [6.07, 6.45) is 1.95. The molecule has 0 heterocycles.